The summed E-state index contributed by atoms with van der Waals surface area (Å²) in [5, 5.41) is 13.7. The molecule has 0 aromatic heterocycles. The normalized spacial score (nSPS) is 31.7. The first kappa shape index (κ1) is 34.1. The number of likely N-dealkylation sites (tertiary alicyclic amines) is 1. The molecule has 0 radical (unpaired) electrons. The second-order valence-electron chi connectivity index (χ2n) is 13.4. The number of aliphatic hydroxyl groups excluding tert-OH is 1. The molecule has 5 aliphatic rings. The van der Waals surface area contributed by atoms with Crippen LogP contribution in [-0.4, -0.2) is 120 Å². The minimum absolute atomic E-state index is 0.0616. The van der Waals surface area contributed by atoms with Gasteiger partial charge in [-0.3, -0.25) is 24.1 Å². The van der Waals surface area contributed by atoms with Crippen molar-refractivity contribution in [2.24, 2.45) is 11.8 Å². The third kappa shape index (κ3) is 6.48. The number of ether oxygens (including phenoxy) is 3. The highest BCUT2D eigenvalue weighted by molar-refractivity contribution is 5.99. The lowest BCUT2D eigenvalue weighted by Crippen LogP contribution is -2.57. The Labute approximate surface area is 291 Å². The Hall–Kier alpha value is -4.36. The smallest absolute Gasteiger partial charge is 0.313 e. The molecule has 3 saturated heterocycles. The number of rotatable bonds is 7. The molecule has 2 N–H and O–H groups in total. The maximum atomic E-state index is 15.0. The Morgan fingerprint density at radius 3 is 2.40 bits per heavy atom. The van der Waals surface area contributed by atoms with Gasteiger partial charge in [-0.2, -0.15) is 0 Å². The van der Waals surface area contributed by atoms with Gasteiger partial charge in [0.15, 0.2) is 0 Å². The quantitative estimate of drug-likeness (QED) is 0.330. The van der Waals surface area contributed by atoms with Crippen LogP contribution < -0.4 is 5.32 Å². The second kappa shape index (κ2) is 14.9. The van der Waals surface area contributed by atoms with Crippen molar-refractivity contribution in [3.05, 3.63) is 96.1 Å². The van der Waals surface area contributed by atoms with E-state index in [0.717, 1.165) is 13.1 Å². The van der Waals surface area contributed by atoms with Gasteiger partial charge in [-0.15, -0.1) is 0 Å². The number of nitrogens with one attached hydrogen (secondary N) is 1. The van der Waals surface area contributed by atoms with Crippen molar-refractivity contribution in [3.63, 3.8) is 0 Å². The average molecular weight is 685 g/mol. The van der Waals surface area contributed by atoms with E-state index in [0.29, 0.717) is 50.4 Å². The van der Waals surface area contributed by atoms with Crippen molar-refractivity contribution in [2.75, 3.05) is 59.1 Å². The molecule has 12 nitrogen and oxygen atoms in total. The number of benzene rings is 2. The summed E-state index contributed by atoms with van der Waals surface area (Å²) >= 11 is 0. The number of cyclic esters (lactones) is 1. The molecule has 1 spiro atoms. The van der Waals surface area contributed by atoms with Gasteiger partial charge in [0, 0.05) is 39.1 Å². The number of nitrogens with zero attached hydrogens (tertiary/aromatic N) is 3. The van der Waals surface area contributed by atoms with Crippen molar-refractivity contribution >= 4 is 23.7 Å². The van der Waals surface area contributed by atoms with Crippen LogP contribution in [0.15, 0.2) is 85.0 Å². The summed E-state index contributed by atoms with van der Waals surface area (Å²) in [5.74, 6) is -3.81. The van der Waals surface area contributed by atoms with Gasteiger partial charge in [-0.05, 0) is 17.5 Å². The summed E-state index contributed by atoms with van der Waals surface area (Å²) in [6.45, 7) is 3.79. The molecule has 5 aliphatic heterocycles. The molecular formula is C38H44N4O8. The molecule has 7 rings (SSSR count). The molecule has 5 heterocycles. The van der Waals surface area contributed by atoms with E-state index in [2.05, 4.69) is 10.2 Å². The lowest BCUT2D eigenvalue weighted by atomic mass is 9.78. The summed E-state index contributed by atoms with van der Waals surface area (Å²) in [5.41, 5.74) is -0.155. The average Bonchev–Trinajstić information content (AvgIpc) is 3.53. The van der Waals surface area contributed by atoms with Crippen LogP contribution >= 0.6 is 0 Å². The Bertz CT molecular complexity index is 1610. The van der Waals surface area contributed by atoms with E-state index >= 15 is 0 Å². The zero-order chi connectivity index (χ0) is 34.7. The number of aliphatic hydroxyl groups is 1. The molecule has 0 bridgehead atoms. The van der Waals surface area contributed by atoms with Crippen LogP contribution in [0.3, 0.4) is 0 Å². The predicted octanol–water partition coefficient (Wildman–Crippen LogP) is 1.78. The summed E-state index contributed by atoms with van der Waals surface area (Å²) in [7, 11) is 0. The Kier molecular flexibility index (Phi) is 10.1. The lowest BCUT2D eigenvalue weighted by molar-refractivity contribution is -0.160. The van der Waals surface area contributed by atoms with Gasteiger partial charge in [0.1, 0.15) is 23.7 Å². The summed E-state index contributed by atoms with van der Waals surface area (Å²) < 4.78 is 18.5. The largest absolute Gasteiger partial charge is 0.455 e. The minimum Gasteiger partial charge on any atom is -0.455 e. The first-order valence-corrected chi connectivity index (χ1v) is 17.5. The number of esters is 1. The first-order valence-electron chi connectivity index (χ1n) is 17.5. The number of hydrogen-bond donors (Lipinski definition) is 2. The molecule has 12 heteroatoms. The molecule has 2 aromatic carbocycles. The molecule has 3 fully saturated rings. The number of morpholine rings is 1. The van der Waals surface area contributed by atoms with Gasteiger partial charge in [0.05, 0.1) is 44.4 Å². The number of hydrogen-bond acceptors (Lipinski definition) is 9. The maximum absolute atomic E-state index is 15.0. The minimum atomic E-state index is -1.51. The zero-order valence-corrected chi connectivity index (χ0v) is 28.0. The predicted molar refractivity (Wildman–Crippen MR) is 181 cm³/mol. The van der Waals surface area contributed by atoms with Gasteiger partial charge >= 0.3 is 5.97 Å². The van der Waals surface area contributed by atoms with Crippen LogP contribution in [0.1, 0.15) is 36.1 Å². The highest BCUT2D eigenvalue weighted by Gasteiger charge is 2.72. The summed E-state index contributed by atoms with van der Waals surface area (Å²) in [6.07, 6.45) is 6.06. The van der Waals surface area contributed by atoms with Gasteiger partial charge < -0.3 is 34.4 Å². The Balaban J connectivity index is 1.29. The maximum Gasteiger partial charge on any atom is 0.313 e. The zero-order valence-electron chi connectivity index (χ0n) is 28.0. The fourth-order valence-electron chi connectivity index (χ4n) is 8.05. The van der Waals surface area contributed by atoms with Crippen molar-refractivity contribution in [1.29, 1.82) is 0 Å². The molecule has 3 amide bonds. The fourth-order valence-corrected chi connectivity index (χ4v) is 8.05. The van der Waals surface area contributed by atoms with Crippen LogP contribution in [0.2, 0.25) is 0 Å². The number of carbonyl (C=O) groups excluding carboxylic acids is 4. The fraction of sp³-hybridized carbons (Fsp3) is 0.474. The monoisotopic (exact) mass is 684 g/mol. The van der Waals surface area contributed by atoms with Crippen molar-refractivity contribution in [2.45, 2.75) is 42.7 Å². The van der Waals surface area contributed by atoms with E-state index in [-0.39, 0.29) is 24.8 Å². The molecular weight excluding hydrogens is 640 g/mol. The SMILES string of the molecule is O=C1CC/C=C\[C@H]2O[C@]34C=CCN(CCN5CCOCC5)C(=O)[C@H]3N([C@H](CO)c3ccccc3)C(=O)[C@@H]4[C@H]2C(=O)O[C@H](c2ccccc2)CN1. The van der Waals surface area contributed by atoms with Crippen LogP contribution in [0.4, 0.5) is 0 Å². The molecule has 264 valence electrons. The third-order valence-corrected chi connectivity index (χ3v) is 10.5. The standard InChI is InChI=1S/C38H44N4O8/c43-25-28(26-10-3-1-4-11-26)42-34-36(46)41(19-18-40-20-22-48-23-21-40)17-9-16-38(34)33(35(42)45)32-29(50-38)14-7-8-15-31(44)39-24-30(49-37(32)47)27-12-5-2-6-13-27/h1-7,9-14,16,28-30,32-34,43H,8,15,17-25H2,(H,39,44)/b14-7-/t28-,29-,30+,32+,33+,34-,38+/m1/s1. The first-order chi connectivity index (χ1) is 24.4. The van der Waals surface area contributed by atoms with Gasteiger partial charge in [0.25, 0.3) is 0 Å². The molecule has 2 aromatic rings. The molecule has 50 heavy (non-hydrogen) atoms. The van der Waals surface area contributed by atoms with Gasteiger partial charge in [-0.25, -0.2) is 0 Å². The second-order valence-corrected chi connectivity index (χ2v) is 13.4. The van der Waals surface area contributed by atoms with E-state index in [1.807, 2.05) is 66.7 Å². The Morgan fingerprint density at radius 1 is 0.920 bits per heavy atom. The number of carbonyl (C=O) groups is 4. The Morgan fingerprint density at radius 2 is 1.66 bits per heavy atom. The van der Waals surface area contributed by atoms with Crippen LogP contribution in [0.5, 0.6) is 0 Å². The van der Waals surface area contributed by atoms with Crippen LogP contribution in [-0.2, 0) is 33.4 Å². The summed E-state index contributed by atoms with van der Waals surface area (Å²) in [4.78, 5) is 62.4. The highest BCUT2D eigenvalue weighted by Crippen LogP contribution is 2.55. The van der Waals surface area contributed by atoms with Crippen molar-refractivity contribution < 1.29 is 38.5 Å². The van der Waals surface area contributed by atoms with E-state index in [1.165, 1.54) is 4.90 Å². The lowest BCUT2D eigenvalue weighted by Gasteiger charge is -2.39. The molecule has 0 saturated carbocycles. The molecule has 0 aliphatic carbocycles. The van der Waals surface area contributed by atoms with Crippen molar-refractivity contribution in [1.82, 2.24) is 20.0 Å². The number of allylic oxidation sites excluding steroid dienone is 1. The highest BCUT2D eigenvalue weighted by atomic mass is 16.6. The van der Waals surface area contributed by atoms with E-state index < -0.39 is 60.2 Å². The van der Waals surface area contributed by atoms with Crippen LogP contribution in [0, 0.1) is 11.8 Å². The topological polar surface area (TPSA) is 138 Å². The number of amides is 3. The van der Waals surface area contributed by atoms with Crippen molar-refractivity contribution in [3.8, 4) is 0 Å². The van der Waals surface area contributed by atoms with Gasteiger partial charge in [-0.1, -0.05) is 85.0 Å². The molecule has 0 unspecified atom stereocenters. The van der Waals surface area contributed by atoms with Crippen LogP contribution in [0.25, 0.3) is 0 Å². The van der Waals surface area contributed by atoms with E-state index in [4.69, 9.17) is 14.2 Å². The summed E-state index contributed by atoms with van der Waals surface area (Å²) in [6, 6.07) is 16.3. The molecule has 7 atom stereocenters. The third-order valence-electron chi connectivity index (χ3n) is 10.5. The number of fused-ring (bicyclic) bond motifs is 2. The van der Waals surface area contributed by atoms with E-state index in [1.54, 1.807) is 23.1 Å². The van der Waals surface area contributed by atoms with Gasteiger partial charge in [0.2, 0.25) is 17.7 Å². The van der Waals surface area contributed by atoms with E-state index in [9.17, 15) is 24.3 Å².